The second-order valence-corrected chi connectivity index (χ2v) is 3.35. The van der Waals surface area contributed by atoms with Crippen LogP contribution >= 0.6 is 0 Å². The summed E-state index contributed by atoms with van der Waals surface area (Å²) in [6.45, 7) is 0.551. The van der Waals surface area contributed by atoms with Gasteiger partial charge in [-0.25, -0.2) is 0 Å². The lowest BCUT2D eigenvalue weighted by atomic mass is 10.2. The van der Waals surface area contributed by atoms with Crippen LogP contribution < -0.4 is 5.73 Å². The highest BCUT2D eigenvalue weighted by atomic mass is 16.6. The number of aromatic nitrogens is 2. The predicted octanol–water partition coefficient (Wildman–Crippen LogP) is 1.42. The first-order valence-corrected chi connectivity index (χ1v) is 4.67. The summed E-state index contributed by atoms with van der Waals surface area (Å²) in [4.78, 5) is 10.1. The van der Waals surface area contributed by atoms with Crippen molar-refractivity contribution in [2.45, 2.75) is 6.54 Å². The standard InChI is InChI=1S/C10H10N4O2/c11-9-6-8(2-3-10(9)14(15)16)7-13-5-1-4-12-13/h1-6H,7,11H2. The fourth-order valence-electron chi connectivity index (χ4n) is 1.45. The van der Waals surface area contributed by atoms with Gasteiger partial charge in [-0.2, -0.15) is 5.10 Å². The van der Waals surface area contributed by atoms with Crippen molar-refractivity contribution < 1.29 is 4.92 Å². The Morgan fingerprint density at radius 3 is 2.88 bits per heavy atom. The van der Waals surface area contributed by atoms with Gasteiger partial charge in [-0.1, -0.05) is 6.07 Å². The number of hydrogen-bond donors (Lipinski definition) is 1. The molecule has 82 valence electrons. The molecule has 0 saturated heterocycles. The molecule has 2 N–H and O–H groups in total. The van der Waals surface area contributed by atoms with E-state index in [4.69, 9.17) is 5.73 Å². The first-order valence-electron chi connectivity index (χ1n) is 4.67. The zero-order chi connectivity index (χ0) is 11.5. The second-order valence-electron chi connectivity index (χ2n) is 3.35. The summed E-state index contributed by atoms with van der Waals surface area (Å²) in [5.74, 6) is 0. The van der Waals surface area contributed by atoms with Crippen LogP contribution in [0.25, 0.3) is 0 Å². The average molecular weight is 218 g/mol. The van der Waals surface area contributed by atoms with Crippen LogP contribution in [0.3, 0.4) is 0 Å². The van der Waals surface area contributed by atoms with E-state index in [9.17, 15) is 10.1 Å². The van der Waals surface area contributed by atoms with Crippen LogP contribution in [0.4, 0.5) is 11.4 Å². The minimum atomic E-state index is -0.493. The number of nitrogens with two attached hydrogens (primary N) is 1. The molecule has 1 heterocycles. The maximum absolute atomic E-state index is 10.6. The molecule has 16 heavy (non-hydrogen) atoms. The van der Waals surface area contributed by atoms with Crippen LogP contribution in [0.2, 0.25) is 0 Å². The second kappa shape index (κ2) is 4.01. The molecule has 0 spiro atoms. The SMILES string of the molecule is Nc1cc(Cn2cccn2)ccc1[N+](=O)[O-]. The van der Waals surface area contributed by atoms with E-state index in [1.165, 1.54) is 6.07 Å². The molecule has 0 aliphatic carbocycles. The van der Waals surface area contributed by atoms with Gasteiger partial charge in [-0.05, 0) is 17.7 Å². The summed E-state index contributed by atoms with van der Waals surface area (Å²) >= 11 is 0. The Balaban J connectivity index is 2.24. The normalized spacial score (nSPS) is 10.2. The zero-order valence-electron chi connectivity index (χ0n) is 8.41. The predicted molar refractivity (Wildman–Crippen MR) is 58.8 cm³/mol. The number of hydrogen-bond acceptors (Lipinski definition) is 4. The largest absolute Gasteiger partial charge is 0.393 e. The lowest BCUT2D eigenvalue weighted by Crippen LogP contribution is -2.02. The summed E-state index contributed by atoms with van der Waals surface area (Å²) in [6, 6.07) is 6.50. The maximum Gasteiger partial charge on any atom is 0.292 e. The number of nitro groups is 1. The van der Waals surface area contributed by atoms with Crippen LogP contribution in [0.5, 0.6) is 0 Å². The van der Waals surface area contributed by atoms with Crippen molar-refractivity contribution in [1.29, 1.82) is 0 Å². The van der Waals surface area contributed by atoms with Gasteiger partial charge in [0.15, 0.2) is 0 Å². The minimum Gasteiger partial charge on any atom is -0.393 e. The van der Waals surface area contributed by atoms with E-state index in [-0.39, 0.29) is 11.4 Å². The van der Waals surface area contributed by atoms with Gasteiger partial charge in [0.1, 0.15) is 5.69 Å². The smallest absolute Gasteiger partial charge is 0.292 e. The Morgan fingerprint density at radius 2 is 2.31 bits per heavy atom. The molecule has 0 aliphatic heterocycles. The van der Waals surface area contributed by atoms with Gasteiger partial charge in [0, 0.05) is 18.5 Å². The number of nitro benzene ring substituents is 1. The zero-order valence-corrected chi connectivity index (χ0v) is 8.41. The summed E-state index contributed by atoms with van der Waals surface area (Å²) in [5.41, 5.74) is 6.57. The van der Waals surface area contributed by atoms with Gasteiger partial charge in [0.2, 0.25) is 0 Å². The molecule has 6 nitrogen and oxygen atoms in total. The molecule has 2 aromatic rings. The minimum absolute atomic E-state index is 0.0655. The van der Waals surface area contributed by atoms with Gasteiger partial charge < -0.3 is 5.73 Å². The Morgan fingerprint density at radius 1 is 1.50 bits per heavy atom. The molecule has 1 aromatic carbocycles. The first-order chi connectivity index (χ1) is 7.66. The number of benzene rings is 1. The lowest BCUT2D eigenvalue weighted by Gasteiger charge is -2.03. The summed E-state index contributed by atoms with van der Waals surface area (Å²) < 4.78 is 1.72. The highest BCUT2D eigenvalue weighted by Crippen LogP contribution is 2.22. The van der Waals surface area contributed by atoms with Gasteiger partial charge in [-0.15, -0.1) is 0 Å². The number of nitrogens with zero attached hydrogens (tertiary/aromatic N) is 3. The molecule has 1 aromatic heterocycles. The van der Waals surface area contributed by atoms with Gasteiger partial charge in [-0.3, -0.25) is 14.8 Å². The van der Waals surface area contributed by atoms with E-state index < -0.39 is 4.92 Å². The molecule has 0 aliphatic rings. The van der Waals surface area contributed by atoms with Crippen LogP contribution in [-0.2, 0) is 6.54 Å². The first kappa shape index (κ1) is 10.2. The Labute approximate surface area is 91.5 Å². The summed E-state index contributed by atoms with van der Waals surface area (Å²) in [6.07, 6.45) is 3.49. The van der Waals surface area contributed by atoms with Crippen molar-refractivity contribution in [3.8, 4) is 0 Å². The van der Waals surface area contributed by atoms with Gasteiger partial charge in [0.25, 0.3) is 5.69 Å². The molecule has 2 rings (SSSR count). The molecule has 0 bridgehead atoms. The van der Waals surface area contributed by atoms with Crippen molar-refractivity contribution in [3.63, 3.8) is 0 Å². The highest BCUT2D eigenvalue weighted by molar-refractivity contribution is 5.59. The number of anilines is 1. The fraction of sp³-hybridized carbons (Fsp3) is 0.100. The van der Waals surface area contributed by atoms with E-state index in [1.54, 1.807) is 23.0 Å². The average Bonchev–Trinajstić information content (AvgIpc) is 2.70. The Bertz CT molecular complexity index is 508. The van der Waals surface area contributed by atoms with E-state index >= 15 is 0 Å². The van der Waals surface area contributed by atoms with Crippen LogP contribution in [0, 0.1) is 10.1 Å². The quantitative estimate of drug-likeness (QED) is 0.479. The van der Waals surface area contributed by atoms with Crippen molar-refractivity contribution in [1.82, 2.24) is 9.78 Å². The molecule has 0 fully saturated rings. The summed E-state index contributed by atoms with van der Waals surface area (Å²) in [7, 11) is 0. The topological polar surface area (TPSA) is 87.0 Å². The monoisotopic (exact) mass is 218 g/mol. The molecular formula is C10H10N4O2. The Kier molecular flexibility index (Phi) is 2.55. The van der Waals surface area contributed by atoms with Crippen molar-refractivity contribution >= 4 is 11.4 Å². The fourth-order valence-corrected chi connectivity index (χ4v) is 1.45. The Hall–Kier alpha value is -2.37. The van der Waals surface area contributed by atoms with E-state index in [0.29, 0.717) is 6.54 Å². The molecular weight excluding hydrogens is 208 g/mol. The third kappa shape index (κ3) is 2.00. The highest BCUT2D eigenvalue weighted by Gasteiger charge is 2.10. The maximum atomic E-state index is 10.6. The van der Waals surface area contributed by atoms with Crippen molar-refractivity contribution in [3.05, 3.63) is 52.3 Å². The molecule has 0 unspecified atom stereocenters. The van der Waals surface area contributed by atoms with Crippen LogP contribution in [-0.4, -0.2) is 14.7 Å². The van der Waals surface area contributed by atoms with Gasteiger partial charge >= 0.3 is 0 Å². The number of nitrogen functional groups attached to an aromatic ring is 1. The van der Waals surface area contributed by atoms with E-state index in [0.717, 1.165) is 5.56 Å². The third-order valence-electron chi connectivity index (χ3n) is 2.19. The summed E-state index contributed by atoms with van der Waals surface area (Å²) in [5, 5.41) is 14.6. The van der Waals surface area contributed by atoms with Crippen molar-refractivity contribution in [2.24, 2.45) is 0 Å². The molecule has 6 heteroatoms. The molecule has 0 radical (unpaired) electrons. The van der Waals surface area contributed by atoms with Crippen LogP contribution in [0.15, 0.2) is 36.7 Å². The van der Waals surface area contributed by atoms with E-state index in [1.807, 2.05) is 12.3 Å². The van der Waals surface area contributed by atoms with E-state index in [2.05, 4.69) is 5.10 Å². The van der Waals surface area contributed by atoms with Gasteiger partial charge in [0.05, 0.1) is 11.5 Å². The third-order valence-corrected chi connectivity index (χ3v) is 2.19. The molecule has 0 amide bonds. The molecule has 0 atom stereocenters. The van der Waals surface area contributed by atoms with Crippen molar-refractivity contribution in [2.75, 3.05) is 5.73 Å². The molecule has 0 saturated carbocycles. The lowest BCUT2D eigenvalue weighted by molar-refractivity contribution is -0.383. The van der Waals surface area contributed by atoms with Crippen LogP contribution in [0.1, 0.15) is 5.56 Å². The number of rotatable bonds is 3.